The van der Waals surface area contributed by atoms with Crippen molar-refractivity contribution in [3.05, 3.63) is 51.7 Å². The van der Waals surface area contributed by atoms with E-state index in [-0.39, 0.29) is 18.0 Å². The summed E-state index contributed by atoms with van der Waals surface area (Å²) in [4.78, 5) is 26.9. The lowest BCUT2D eigenvalue weighted by molar-refractivity contribution is -0.114. The van der Waals surface area contributed by atoms with E-state index in [4.69, 9.17) is 0 Å². The number of thiophene rings is 1. The van der Waals surface area contributed by atoms with Crippen LogP contribution in [0, 0.1) is 0 Å². The molecule has 0 radical (unpaired) electrons. The van der Waals surface area contributed by atoms with Crippen molar-refractivity contribution in [2.24, 2.45) is 0 Å². The molecular weight excluding hydrogens is 322 g/mol. The van der Waals surface area contributed by atoms with Gasteiger partial charge >= 0.3 is 6.03 Å². The smallest absolute Gasteiger partial charge is 0.318 e. The Morgan fingerprint density at radius 2 is 2.17 bits per heavy atom. The van der Waals surface area contributed by atoms with E-state index in [0.717, 1.165) is 24.2 Å². The molecule has 0 saturated carbocycles. The van der Waals surface area contributed by atoms with Gasteiger partial charge in [0.1, 0.15) is 0 Å². The zero-order valence-corrected chi connectivity index (χ0v) is 14.7. The van der Waals surface area contributed by atoms with Gasteiger partial charge in [-0.25, -0.2) is 4.79 Å². The topological polar surface area (TPSA) is 61.4 Å². The number of anilines is 1. The predicted octanol–water partition coefficient (Wildman–Crippen LogP) is 3.54. The molecule has 2 heterocycles. The Balaban J connectivity index is 1.61. The lowest BCUT2D eigenvalue weighted by atomic mass is 10.0. The van der Waals surface area contributed by atoms with Gasteiger partial charge in [-0.1, -0.05) is 12.1 Å². The van der Waals surface area contributed by atoms with Gasteiger partial charge in [-0.3, -0.25) is 4.79 Å². The summed E-state index contributed by atoms with van der Waals surface area (Å²) in [5.74, 6) is -0.107. The molecule has 1 aliphatic rings. The molecule has 0 saturated heterocycles. The molecule has 0 unspecified atom stereocenters. The van der Waals surface area contributed by atoms with Crippen LogP contribution >= 0.6 is 11.3 Å². The summed E-state index contributed by atoms with van der Waals surface area (Å²) in [5, 5.41) is 7.82. The van der Waals surface area contributed by atoms with Crippen molar-refractivity contribution in [3.63, 3.8) is 0 Å². The lowest BCUT2D eigenvalue weighted by Crippen LogP contribution is -2.44. The summed E-state index contributed by atoms with van der Waals surface area (Å²) in [5.41, 5.74) is 2.95. The van der Waals surface area contributed by atoms with E-state index in [9.17, 15) is 9.59 Å². The molecule has 126 valence electrons. The highest BCUT2D eigenvalue weighted by Gasteiger charge is 2.28. The van der Waals surface area contributed by atoms with Crippen molar-refractivity contribution >= 4 is 29.0 Å². The van der Waals surface area contributed by atoms with Crippen LogP contribution in [0.4, 0.5) is 10.5 Å². The molecule has 2 N–H and O–H groups in total. The van der Waals surface area contributed by atoms with Crippen molar-refractivity contribution in [2.75, 3.05) is 11.9 Å². The predicted molar refractivity (Wildman–Crippen MR) is 96.1 cm³/mol. The van der Waals surface area contributed by atoms with Crippen LogP contribution in [-0.2, 0) is 17.8 Å². The molecule has 1 aliphatic heterocycles. The Bertz CT molecular complexity index is 756. The second-order valence-electron chi connectivity index (χ2n) is 5.96. The molecule has 1 atom stereocenters. The van der Waals surface area contributed by atoms with Crippen molar-refractivity contribution in [1.29, 1.82) is 0 Å². The minimum atomic E-state index is -0.107. The van der Waals surface area contributed by atoms with E-state index in [1.807, 2.05) is 29.2 Å². The summed E-state index contributed by atoms with van der Waals surface area (Å²) in [6, 6.07) is 9.67. The highest BCUT2D eigenvalue weighted by Crippen LogP contribution is 2.32. The molecule has 3 rings (SSSR count). The van der Waals surface area contributed by atoms with Gasteiger partial charge in [0.25, 0.3) is 0 Å². The maximum absolute atomic E-state index is 12.5. The summed E-state index contributed by atoms with van der Waals surface area (Å²) in [7, 11) is 0. The number of amides is 3. The number of hydrogen-bond acceptors (Lipinski definition) is 3. The molecule has 5 nitrogen and oxygen atoms in total. The number of urea groups is 1. The van der Waals surface area contributed by atoms with Crippen molar-refractivity contribution < 1.29 is 9.59 Å². The van der Waals surface area contributed by atoms with Gasteiger partial charge in [-0.2, -0.15) is 0 Å². The number of nitrogens with zero attached hydrogens (tertiary/aromatic N) is 1. The second-order valence-corrected chi connectivity index (χ2v) is 6.96. The van der Waals surface area contributed by atoms with Gasteiger partial charge in [0.05, 0.1) is 6.04 Å². The maximum Gasteiger partial charge on any atom is 0.318 e. The zero-order chi connectivity index (χ0) is 17.1. The first-order chi connectivity index (χ1) is 11.5. The van der Waals surface area contributed by atoms with E-state index in [2.05, 4.69) is 29.0 Å². The molecule has 24 heavy (non-hydrogen) atoms. The van der Waals surface area contributed by atoms with Crippen molar-refractivity contribution in [3.8, 4) is 0 Å². The minimum Gasteiger partial charge on any atom is -0.334 e. The van der Waals surface area contributed by atoms with Crippen LogP contribution in [0.15, 0.2) is 35.7 Å². The van der Waals surface area contributed by atoms with E-state index in [0.29, 0.717) is 6.54 Å². The first-order valence-corrected chi connectivity index (χ1v) is 8.90. The van der Waals surface area contributed by atoms with Gasteiger partial charge in [0.2, 0.25) is 5.91 Å². The quantitative estimate of drug-likeness (QED) is 0.895. The first kappa shape index (κ1) is 16.5. The van der Waals surface area contributed by atoms with Gasteiger partial charge in [-0.15, -0.1) is 11.3 Å². The van der Waals surface area contributed by atoms with Crippen molar-refractivity contribution in [2.45, 2.75) is 32.9 Å². The fourth-order valence-corrected chi connectivity index (χ4v) is 3.99. The van der Waals surface area contributed by atoms with Crippen LogP contribution in [0.25, 0.3) is 0 Å². The molecule has 1 aromatic heterocycles. The van der Waals surface area contributed by atoms with Crippen LogP contribution in [0.2, 0.25) is 0 Å². The lowest BCUT2D eigenvalue weighted by Gasteiger charge is -2.33. The number of carbonyl (C=O) groups excluding carboxylic acids is 2. The van der Waals surface area contributed by atoms with Crippen LogP contribution < -0.4 is 10.6 Å². The Hall–Kier alpha value is -2.34. The standard InChI is InChI=1S/C18H21N3O2S/c1-12-16-7-9-24-17(16)6-8-21(12)18(23)19-11-14-4-3-5-15(10-14)20-13(2)22/h3-5,7,9-10,12H,6,8,11H2,1-2H3,(H,19,23)(H,20,22)/t12-/m0/s1. The molecule has 1 aromatic carbocycles. The summed E-state index contributed by atoms with van der Waals surface area (Å²) in [6.07, 6.45) is 0.919. The maximum atomic E-state index is 12.5. The summed E-state index contributed by atoms with van der Waals surface area (Å²) < 4.78 is 0. The minimum absolute atomic E-state index is 0.0516. The monoisotopic (exact) mass is 343 g/mol. The number of hydrogen-bond donors (Lipinski definition) is 2. The third-order valence-electron chi connectivity index (χ3n) is 4.23. The zero-order valence-electron chi connectivity index (χ0n) is 13.8. The fraction of sp³-hybridized carbons (Fsp3) is 0.333. The van der Waals surface area contributed by atoms with E-state index in [1.165, 1.54) is 17.4 Å². The number of fused-ring (bicyclic) bond motifs is 1. The second kappa shape index (κ2) is 7.05. The molecule has 2 aromatic rings. The molecule has 0 bridgehead atoms. The van der Waals surface area contributed by atoms with E-state index in [1.54, 1.807) is 11.3 Å². The summed E-state index contributed by atoms with van der Waals surface area (Å²) >= 11 is 1.77. The molecular formula is C18H21N3O2S. The molecule has 0 spiro atoms. The highest BCUT2D eigenvalue weighted by molar-refractivity contribution is 7.10. The molecule has 6 heteroatoms. The third-order valence-corrected chi connectivity index (χ3v) is 5.23. The van der Waals surface area contributed by atoms with Crippen molar-refractivity contribution in [1.82, 2.24) is 10.2 Å². The Labute approximate surface area is 145 Å². The van der Waals surface area contributed by atoms with Crippen LogP contribution in [0.5, 0.6) is 0 Å². The molecule has 3 amide bonds. The first-order valence-electron chi connectivity index (χ1n) is 8.02. The average molecular weight is 343 g/mol. The number of benzene rings is 1. The number of carbonyl (C=O) groups is 2. The number of rotatable bonds is 3. The third kappa shape index (κ3) is 3.59. The Kier molecular flexibility index (Phi) is 4.85. The van der Waals surface area contributed by atoms with Gasteiger partial charge < -0.3 is 15.5 Å². The Morgan fingerprint density at radius 3 is 2.96 bits per heavy atom. The Morgan fingerprint density at radius 1 is 1.33 bits per heavy atom. The van der Waals surface area contributed by atoms with Crippen LogP contribution in [-0.4, -0.2) is 23.4 Å². The van der Waals surface area contributed by atoms with E-state index >= 15 is 0 Å². The highest BCUT2D eigenvalue weighted by atomic mass is 32.1. The van der Waals surface area contributed by atoms with E-state index < -0.39 is 0 Å². The molecule has 0 fully saturated rings. The van der Waals surface area contributed by atoms with Crippen LogP contribution in [0.1, 0.15) is 35.9 Å². The van der Waals surface area contributed by atoms with Crippen LogP contribution in [0.3, 0.4) is 0 Å². The van der Waals surface area contributed by atoms with Gasteiger partial charge in [0, 0.05) is 30.6 Å². The van der Waals surface area contributed by atoms with Gasteiger partial charge in [-0.05, 0) is 48.1 Å². The number of nitrogens with one attached hydrogen (secondary N) is 2. The van der Waals surface area contributed by atoms with Gasteiger partial charge in [0.15, 0.2) is 0 Å². The average Bonchev–Trinajstić information content (AvgIpc) is 3.02. The molecule has 0 aliphatic carbocycles. The summed E-state index contributed by atoms with van der Waals surface area (Å²) in [6.45, 7) is 4.73. The normalized spacial score (nSPS) is 16.4. The fourth-order valence-electron chi connectivity index (χ4n) is 3.03. The largest absolute Gasteiger partial charge is 0.334 e. The SMILES string of the molecule is CC(=O)Nc1cccc(CNC(=O)N2CCc3sccc3[C@@H]2C)c1.